The van der Waals surface area contributed by atoms with Crippen LogP contribution >= 0.6 is 0 Å². The molecule has 0 saturated carbocycles. The molecule has 2 aliphatic heterocycles. The molecule has 8 rings (SSSR count). The number of aromatic carboxylic acids is 2. The molecule has 2 N–H and O–H groups in total. The number of carboxylic acids is 2. The minimum Gasteiger partial charge on any atom is -0.475 e. The van der Waals surface area contributed by atoms with Gasteiger partial charge in [0.25, 0.3) is 0 Å². The van der Waals surface area contributed by atoms with Gasteiger partial charge < -0.3 is 32.9 Å². The molecule has 11 heteroatoms. The Morgan fingerprint density at radius 2 is 1.10 bits per heavy atom. The SMILES string of the molecule is CCCCCn1cc(C2CCN(Cc3ccc(C(=O)O)o3)CC2)c2ccccc21.CCOCCn1cc(C2CCN(Cc3ccc(C(=O)O)o3)CC2)c2ccccc21. The average molecular weight is 791 g/mol. The molecule has 6 heterocycles. The lowest BCUT2D eigenvalue weighted by molar-refractivity contribution is 0.0648. The van der Waals surface area contributed by atoms with Crippen LogP contribution in [-0.2, 0) is 30.9 Å². The van der Waals surface area contributed by atoms with Gasteiger partial charge in [-0.3, -0.25) is 9.80 Å². The zero-order chi connectivity index (χ0) is 40.4. The lowest BCUT2D eigenvalue weighted by atomic mass is 9.89. The van der Waals surface area contributed by atoms with Crippen LogP contribution in [0.15, 0.2) is 94.0 Å². The number of hydrogen-bond donors (Lipinski definition) is 2. The van der Waals surface area contributed by atoms with Crippen LogP contribution < -0.4 is 0 Å². The topological polar surface area (TPSA) is 126 Å². The number of nitrogens with zero attached hydrogens (tertiary/aromatic N) is 4. The molecule has 308 valence electrons. The molecule has 2 saturated heterocycles. The Morgan fingerprint density at radius 1 is 0.638 bits per heavy atom. The van der Waals surface area contributed by atoms with Crippen molar-refractivity contribution in [2.45, 2.75) is 96.8 Å². The number of hydrogen-bond acceptors (Lipinski definition) is 7. The zero-order valence-electron chi connectivity index (χ0n) is 34.0. The van der Waals surface area contributed by atoms with Gasteiger partial charge in [-0.15, -0.1) is 0 Å². The van der Waals surface area contributed by atoms with Gasteiger partial charge in [-0.25, -0.2) is 9.59 Å². The number of furan rings is 2. The summed E-state index contributed by atoms with van der Waals surface area (Å²) in [6.45, 7) is 13.0. The van der Waals surface area contributed by atoms with Crippen molar-refractivity contribution < 1.29 is 33.4 Å². The Labute approximate surface area is 340 Å². The van der Waals surface area contributed by atoms with E-state index in [0.29, 0.717) is 30.7 Å². The smallest absolute Gasteiger partial charge is 0.371 e. The lowest BCUT2D eigenvalue weighted by Crippen LogP contribution is -2.32. The number of para-hydroxylation sites is 2. The Balaban J connectivity index is 0.000000177. The second-order valence-electron chi connectivity index (χ2n) is 15.7. The van der Waals surface area contributed by atoms with Gasteiger partial charge in [-0.2, -0.15) is 0 Å². The van der Waals surface area contributed by atoms with Crippen LogP contribution in [0.2, 0.25) is 0 Å². The fraction of sp³-hybridized carbons (Fsp3) is 0.447. The summed E-state index contributed by atoms with van der Waals surface area (Å²) in [6.07, 6.45) is 12.9. The van der Waals surface area contributed by atoms with Gasteiger partial charge in [0.1, 0.15) is 11.5 Å². The van der Waals surface area contributed by atoms with Crippen LogP contribution in [0.3, 0.4) is 0 Å². The van der Waals surface area contributed by atoms with Crippen LogP contribution in [0.25, 0.3) is 21.8 Å². The van der Waals surface area contributed by atoms with Gasteiger partial charge in [0.2, 0.25) is 11.5 Å². The maximum Gasteiger partial charge on any atom is 0.371 e. The first kappa shape index (κ1) is 41.1. The molecule has 0 amide bonds. The largest absolute Gasteiger partial charge is 0.475 e. The summed E-state index contributed by atoms with van der Waals surface area (Å²) < 4.78 is 21.2. The van der Waals surface area contributed by atoms with E-state index >= 15 is 0 Å². The summed E-state index contributed by atoms with van der Waals surface area (Å²) >= 11 is 0. The van der Waals surface area contributed by atoms with E-state index in [9.17, 15) is 9.59 Å². The molecule has 4 aromatic heterocycles. The molecule has 0 radical (unpaired) electrons. The Kier molecular flexibility index (Phi) is 13.9. The lowest BCUT2D eigenvalue weighted by Gasteiger charge is -2.31. The molecular formula is C47H58N4O7. The number of benzene rings is 2. The number of rotatable bonds is 16. The number of likely N-dealkylation sites (tertiary alicyclic amines) is 2. The zero-order valence-corrected chi connectivity index (χ0v) is 34.0. The summed E-state index contributed by atoms with van der Waals surface area (Å²) in [4.78, 5) is 26.7. The third-order valence-corrected chi connectivity index (χ3v) is 11.9. The van der Waals surface area contributed by atoms with Gasteiger partial charge in [0, 0.05) is 53.9 Å². The number of unbranched alkanes of at least 4 members (excludes halogenated alkanes) is 2. The van der Waals surface area contributed by atoms with Gasteiger partial charge in [0.05, 0.1) is 19.7 Å². The number of carboxylic acid groups (broad SMARTS) is 2. The quantitative estimate of drug-likeness (QED) is 0.0922. The summed E-state index contributed by atoms with van der Waals surface area (Å²) in [5.74, 6) is 0.564. The maximum atomic E-state index is 11.0. The van der Waals surface area contributed by atoms with Crippen molar-refractivity contribution in [2.24, 2.45) is 0 Å². The molecule has 0 bridgehead atoms. The van der Waals surface area contributed by atoms with E-state index in [4.69, 9.17) is 23.8 Å². The third kappa shape index (κ3) is 9.94. The third-order valence-electron chi connectivity index (χ3n) is 11.9. The van der Waals surface area contributed by atoms with Crippen molar-refractivity contribution in [3.63, 3.8) is 0 Å². The van der Waals surface area contributed by atoms with Crippen LogP contribution in [-0.4, -0.2) is 80.5 Å². The van der Waals surface area contributed by atoms with Gasteiger partial charge in [-0.05, 0) is 125 Å². The number of ether oxygens (including phenoxy) is 1. The summed E-state index contributed by atoms with van der Waals surface area (Å²) in [5, 5.41) is 20.8. The van der Waals surface area contributed by atoms with E-state index in [1.807, 2.05) is 6.92 Å². The molecule has 6 aromatic rings. The molecule has 0 atom stereocenters. The van der Waals surface area contributed by atoms with Crippen molar-refractivity contribution in [3.05, 3.63) is 119 Å². The minimum absolute atomic E-state index is 0.00903. The van der Waals surface area contributed by atoms with E-state index in [-0.39, 0.29) is 11.5 Å². The van der Waals surface area contributed by atoms with Gasteiger partial charge in [0.15, 0.2) is 0 Å². The molecule has 0 unspecified atom stereocenters. The molecule has 2 aromatic carbocycles. The molecule has 2 aliphatic rings. The van der Waals surface area contributed by atoms with E-state index in [1.54, 1.807) is 12.1 Å². The van der Waals surface area contributed by atoms with Crippen molar-refractivity contribution in [2.75, 3.05) is 39.4 Å². The first-order valence-corrected chi connectivity index (χ1v) is 21.1. The highest BCUT2D eigenvalue weighted by Crippen LogP contribution is 2.36. The number of aromatic nitrogens is 2. The standard InChI is InChI=1S/C24H30N2O3.C23H28N2O4/c1-2-3-6-13-26-17-21(20-7-4-5-8-22(20)26)18-11-14-25(15-12-18)16-19-9-10-23(29-19)24(27)28;1-2-28-14-13-25-16-20(19-5-3-4-6-21(19)25)17-9-11-24(12-10-17)15-18-7-8-22(29-18)23(26)27/h4-5,7-10,17-18H,2-3,6,11-16H2,1H3,(H,27,28);3-8,16-17H,2,9-15H2,1H3,(H,26,27). The number of aryl methyl sites for hydroxylation is 1. The summed E-state index contributed by atoms with van der Waals surface area (Å²) in [5.41, 5.74) is 5.56. The fourth-order valence-electron chi connectivity index (χ4n) is 8.81. The maximum absolute atomic E-state index is 11.0. The second kappa shape index (κ2) is 19.6. The van der Waals surface area contributed by atoms with Crippen LogP contribution in [0.5, 0.6) is 0 Å². The van der Waals surface area contributed by atoms with Crippen LogP contribution in [0, 0.1) is 0 Å². The highest BCUT2D eigenvalue weighted by atomic mass is 16.5. The van der Waals surface area contributed by atoms with E-state index in [2.05, 4.69) is 86.8 Å². The number of carbonyl (C=O) groups is 2. The van der Waals surface area contributed by atoms with Crippen LogP contribution in [0.1, 0.15) is 114 Å². The van der Waals surface area contributed by atoms with Crippen molar-refractivity contribution in [1.82, 2.24) is 18.9 Å². The normalized spacial score (nSPS) is 15.9. The molecular weight excluding hydrogens is 733 g/mol. The van der Waals surface area contributed by atoms with Crippen LogP contribution in [0.4, 0.5) is 0 Å². The highest BCUT2D eigenvalue weighted by Gasteiger charge is 2.26. The summed E-state index contributed by atoms with van der Waals surface area (Å²) in [6, 6.07) is 24.0. The Hall–Kier alpha value is -5.10. The molecule has 0 aliphatic carbocycles. The average Bonchev–Trinajstić information content (AvgIpc) is 4.06. The van der Waals surface area contributed by atoms with E-state index in [1.165, 1.54) is 64.3 Å². The molecule has 2 fully saturated rings. The molecule has 58 heavy (non-hydrogen) atoms. The predicted molar refractivity (Wildman–Crippen MR) is 226 cm³/mol. The molecule has 0 spiro atoms. The predicted octanol–water partition coefficient (Wildman–Crippen LogP) is 9.85. The fourth-order valence-corrected chi connectivity index (χ4v) is 8.81. The van der Waals surface area contributed by atoms with Crippen molar-refractivity contribution >= 4 is 33.7 Å². The first-order chi connectivity index (χ1) is 28.3. The number of piperidine rings is 2. The minimum atomic E-state index is -1.02. The van der Waals surface area contributed by atoms with Crippen molar-refractivity contribution in [3.8, 4) is 0 Å². The van der Waals surface area contributed by atoms with Crippen molar-refractivity contribution in [1.29, 1.82) is 0 Å². The Morgan fingerprint density at radius 3 is 1.53 bits per heavy atom. The summed E-state index contributed by atoms with van der Waals surface area (Å²) in [7, 11) is 0. The number of fused-ring (bicyclic) bond motifs is 2. The highest BCUT2D eigenvalue weighted by molar-refractivity contribution is 5.86. The van der Waals surface area contributed by atoms with Gasteiger partial charge >= 0.3 is 11.9 Å². The molecule has 11 nitrogen and oxygen atoms in total. The monoisotopic (exact) mass is 790 g/mol. The van der Waals surface area contributed by atoms with E-state index < -0.39 is 11.9 Å². The second-order valence-corrected chi connectivity index (χ2v) is 15.7. The van der Waals surface area contributed by atoms with Gasteiger partial charge in [-0.1, -0.05) is 56.2 Å². The van der Waals surface area contributed by atoms with E-state index in [0.717, 1.165) is 83.9 Å². The first-order valence-electron chi connectivity index (χ1n) is 21.1. The Bertz CT molecular complexity index is 2090.